The van der Waals surface area contributed by atoms with Crippen LogP contribution in [-0.2, 0) is 11.3 Å². The summed E-state index contributed by atoms with van der Waals surface area (Å²) in [7, 11) is 0. The first-order valence-corrected chi connectivity index (χ1v) is 11.4. The first kappa shape index (κ1) is 23.2. The number of nitrogens with zero attached hydrogens (tertiary/aromatic N) is 3. The summed E-state index contributed by atoms with van der Waals surface area (Å²) < 4.78 is 1.52. The van der Waals surface area contributed by atoms with Crippen LogP contribution >= 0.6 is 15.9 Å². The van der Waals surface area contributed by atoms with Crippen molar-refractivity contribution in [2.75, 3.05) is 10.7 Å². The first-order chi connectivity index (χ1) is 14.6. The number of rotatable bonds is 6. The molecule has 2 aromatic heterocycles. The molecule has 0 radical (unpaired) electrons. The fourth-order valence-electron chi connectivity index (χ4n) is 4.20. The molecule has 168 valence electrons. The lowest BCUT2D eigenvalue weighted by Gasteiger charge is -2.50. The normalized spacial score (nSPS) is 25.0. The Morgan fingerprint density at radius 1 is 1.26 bits per heavy atom. The third-order valence-electron chi connectivity index (χ3n) is 7.12. The number of carbonyl (C=O) groups excluding carboxylic acids is 1. The van der Waals surface area contributed by atoms with Crippen LogP contribution in [0.3, 0.4) is 0 Å². The minimum absolute atomic E-state index is 0.197. The highest BCUT2D eigenvalue weighted by molar-refractivity contribution is 9.10. The van der Waals surface area contributed by atoms with E-state index in [0.717, 1.165) is 11.1 Å². The molecule has 3 rings (SSSR count). The molecule has 0 saturated heterocycles. The maximum Gasteiger partial charge on any atom is 0.283 e. The smallest absolute Gasteiger partial charge is 0.283 e. The van der Waals surface area contributed by atoms with E-state index in [2.05, 4.69) is 76.8 Å². The molecule has 1 fully saturated rings. The second-order valence-electron chi connectivity index (χ2n) is 9.10. The molecule has 1 amide bonds. The van der Waals surface area contributed by atoms with Crippen LogP contribution in [0.2, 0.25) is 0 Å². The fraction of sp³-hybridized carbons (Fsp3) is 0.545. The zero-order chi connectivity index (χ0) is 22.8. The molecule has 1 saturated carbocycles. The van der Waals surface area contributed by atoms with Gasteiger partial charge in [0.25, 0.3) is 11.5 Å². The van der Waals surface area contributed by atoms with E-state index in [0.29, 0.717) is 33.6 Å². The van der Waals surface area contributed by atoms with Crippen molar-refractivity contribution in [3.63, 3.8) is 0 Å². The topological polar surface area (TPSA) is 101 Å². The number of anilines is 2. The molecule has 8 nitrogen and oxygen atoms in total. The number of nitrogens with one attached hydrogen (secondary N) is 3. The summed E-state index contributed by atoms with van der Waals surface area (Å²) in [5.41, 5.74) is 6.60. The molecule has 0 unspecified atom stereocenters. The summed E-state index contributed by atoms with van der Waals surface area (Å²) in [6.07, 6.45) is 5.85. The molecule has 0 aliphatic heterocycles. The third kappa shape index (κ3) is 5.08. The molecule has 0 spiro atoms. The second kappa shape index (κ2) is 9.38. The number of halogens is 1. The second-order valence-corrected chi connectivity index (χ2v) is 9.89. The molecule has 2 heterocycles. The van der Waals surface area contributed by atoms with Crippen LogP contribution in [0.15, 0.2) is 40.0 Å². The zero-order valence-corrected chi connectivity index (χ0v) is 20.2. The minimum Gasteiger partial charge on any atom is -0.380 e. The molecular formula is C22H31BrN6O2. The maximum atomic E-state index is 12.8. The number of hydrogen-bond acceptors (Lipinski definition) is 6. The Labute approximate surface area is 191 Å². The summed E-state index contributed by atoms with van der Waals surface area (Å²) in [5, 5.41) is 7.73. The van der Waals surface area contributed by atoms with Crippen molar-refractivity contribution < 1.29 is 4.79 Å². The van der Waals surface area contributed by atoms with Gasteiger partial charge in [-0.15, -0.1) is 0 Å². The van der Waals surface area contributed by atoms with Gasteiger partial charge < -0.3 is 5.32 Å². The summed E-state index contributed by atoms with van der Waals surface area (Å²) in [4.78, 5) is 28.9. The largest absolute Gasteiger partial charge is 0.380 e. The highest BCUT2D eigenvalue weighted by Crippen LogP contribution is 2.48. The van der Waals surface area contributed by atoms with Gasteiger partial charge in [-0.1, -0.05) is 34.6 Å². The molecule has 3 N–H and O–H groups in total. The van der Waals surface area contributed by atoms with E-state index in [9.17, 15) is 9.59 Å². The molecule has 0 aromatic carbocycles. The van der Waals surface area contributed by atoms with Gasteiger partial charge in [0, 0.05) is 18.4 Å². The molecule has 1 aliphatic rings. The molecule has 9 heteroatoms. The van der Waals surface area contributed by atoms with E-state index in [-0.39, 0.29) is 29.5 Å². The molecule has 0 bridgehead atoms. The monoisotopic (exact) mass is 490 g/mol. The minimum atomic E-state index is -0.384. The van der Waals surface area contributed by atoms with Crippen LogP contribution in [0.5, 0.6) is 0 Å². The van der Waals surface area contributed by atoms with E-state index < -0.39 is 0 Å². The predicted octanol–water partition coefficient (Wildman–Crippen LogP) is 3.66. The molecule has 2 aromatic rings. The van der Waals surface area contributed by atoms with Gasteiger partial charge >= 0.3 is 0 Å². The van der Waals surface area contributed by atoms with Crippen molar-refractivity contribution in [2.24, 2.45) is 23.2 Å². The Kier molecular flexibility index (Phi) is 7.03. The number of carbonyl (C=O) groups is 1. The van der Waals surface area contributed by atoms with Crippen molar-refractivity contribution in [1.82, 2.24) is 20.2 Å². The Hall–Kier alpha value is -2.42. The fourth-order valence-corrected chi connectivity index (χ4v) is 4.62. The highest BCUT2D eigenvalue weighted by atomic mass is 79.9. The Morgan fingerprint density at radius 3 is 2.61 bits per heavy atom. The maximum absolute atomic E-state index is 12.8. The van der Waals surface area contributed by atoms with Crippen molar-refractivity contribution in [2.45, 2.75) is 53.6 Å². The number of amides is 1. The summed E-state index contributed by atoms with van der Waals surface area (Å²) in [6.45, 7) is 11.3. The van der Waals surface area contributed by atoms with Crippen molar-refractivity contribution in [1.29, 1.82) is 0 Å². The van der Waals surface area contributed by atoms with Gasteiger partial charge in [0.05, 0.1) is 17.6 Å². The first-order valence-electron chi connectivity index (χ1n) is 10.6. The lowest BCUT2D eigenvalue weighted by molar-refractivity contribution is -0.121. The quantitative estimate of drug-likeness (QED) is 0.534. The summed E-state index contributed by atoms with van der Waals surface area (Å²) in [5.74, 6) is 1.16. The molecule has 4 atom stereocenters. The van der Waals surface area contributed by atoms with Gasteiger partial charge in [0.15, 0.2) is 0 Å². The van der Waals surface area contributed by atoms with Crippen LogP contribution in [0, 0.1) is 23.2 Å². The van der Waals surface area contributed by atoms with E-state index >= 15 is 0 Å². The van der Waals surface area contributed by atoms with Gasteiger partial charge in [-0.2, -0.15) is 5.10 Å². The van der Waals surface area contributed by atoms with Gasteiger partial charge in [0.2, 0.25) is 0 Å². The van der Waals surface area contributed by atoms with Crippen LogP contribution < -0.4 is 21.7 Å². The highest BCUT2D eigenvalue weighted by Gasteiger charge is 2.43. The number of pyridine rings is 1. The number of aromatic nitrogens is 3. The van der Waals surface area contributed by atoms with Gasteiger partial charge in [0.1, 0.15) is 11.0 Å². The summed E-state index contributed by atoms with van der Waals surface area (Å²) in [6, 6.07) is 3.69. The van der Waals surface area contributed by atoms with E-state index in [4.69, 9.17) is 0 Å². The number of hydrazine groups is 1. The van der Waals surface area contributed by atoms with Crippen LogP contribution in [0.25, 0.3) is 0 Å². The lowest BCUT2D eigenvalue weighted by Crippen LogP contribution is -2.48. The Balaban J connectivity index is 1.66. The third-order valence-corrected chi connectivity index (χ3v) is 7.89. The molecule has 31 heavy (non-hydrogen) atoms. The Morgan fingerprint density at radius 2 is 1.94 bits per heavy atom. The van der Waals surface area contributed by atoms with Crippen LogP contribution in [0.1, 0.15) is 41.0 Å². The summed E-state index contributed by atoms with van der Waals surface area (Å²) >= 11 is 3.41. The van der Waals surface area contributed by atoms with Gasteiger partial charge in [-0.3, -0.25) is 25.4 Å². The van der Waals surface area contributed by atoms with Crippen molar-refractivity contribution in [3.8, 4) is 0 Å². The predicted molar refractivity (Wildman–Crippen MR) is 126 cm³/mol. The average Bonchev–Trinajstić information content (AvgIpc) is 2.75. The number of hydrogen-bond donors (Lipinski definition) is 3. The van der Waals surface area contributed by atoms with Crippen molar-refractivity contribution in [3.05, 3.63) is 45.5 Å². The van der Waals surface area contributed by atoms with E-state index in [1.807, 2.05) is 0 Å². The van der Waals surface area contributed by atoms with Crippen molar-refractivity contribution >= 4 is 33.2 Å². The van der Waals surface area contributed by atoms with E-state index in [1.54, 1.807) is 30.7 Å². The lowest BCUT2D eigenvalue weighted by atomic mass is 9.58. The van der Waals surface area contributed by atoms with Crippen LogP contribution in [0.4, 0.5) is 11.4 Å². The van der Waals surface area contributed by atoms with Crippen LogP contribution in [-0.4, -0.2) is 26.7 Å². The standard InChI is InChI=1S/C22H31BrN6O2/c1-13-10-17(14(2)15(3)22(13,4)5)26-18-11-25-29(21(31)20(18)23)12-19(30)28-27-16-6-8-24-9-7-16/h6-9,11,13-15,17,26H,10,12H2,1-5H3,(H,24,27)(H,28,30)/t13-,14+,15+,17+/m0/s1. The zero-order valence-electron chi connectivity index (χ0n) is 18.6. The van der Waals surface area contributed by atoms with Gasteiger partial charge in [-0.25, -0.2) is 4.68 Å². The molecule has 1 aliphatic carbocycles. The van der Waals surface area contributed by atoms with E-state index in [1.165, 1.54) is 0 Å². The van der Waals surface area contributed by atoms with Gasteiger partial charge in [-0.05, 0) is 57.7 Å². The Bertz CT molecular complexity index is 978. The molecular weight excluding hydrogens is 460 g/mol. The average molecular weight is 491 g/mol. The SMILES string of the molecule is C[C@@H]1[C@@H](C)C(C)(C)[C@@H](C)C[C@H]1Nc1cnn(CC(=O)NNc2ccncc2)c(=O)c1Br.